The number of hydrogen-bond acceptors (Lipinski definition) is 6. The van der Waals surface area contributed by atoms with Crippen molar-refractivity contribution in [3.05, 3.63) is 23.4 Å². The predicted molar refractivity (Wildman–Crippen MR) is 77.6 cm³/mol. The molecule has 1 saturated heterocycles. The molecule has 5 nitrogen and oxygen atoms in total. The van der Waals surface area contributed by atoms with Gasteiger partial charge in [0.15, 0.2) is 0 Å². The van der Waals surface area contributed by atoms with E-state index >= 15 is 0 Å². The number of halogens is 1. The maximum atomic E-state index is 5.32. The van der Waals surface area contributed by atoms with Crippen LogP contribution in [0.15, 0.2) is 22.0 Å². The van der Waals surface area contributed by atoms with Gasteiger partial charge in [-0.1, -0.05) is 11.2 Å². The van der Waals surface area contributed by atoms with Gasteiger partial charge in [0, 0.05) is 25.7 Å². The highest BCUT2D eigenvalue weighted by Crippen LogP contribution is 2.21. The summed E-state index contributed by atoms with van der Waals surface area (Å²) >= 11 is 1.63. The zero-order chi connectivity index (χ0) is 12.4. The van der Waals surface area contributed by atoms with E-state index in [0.717, 1.165) is 31.1 Å². The Morgan fingerprint density at radius 2 is 2.47 bits per heavy atom. The minimum absolute atomic E-state index is 0. The second-order valence-corrected chi connectivity index (χ2v) is 5.46. The van der Waals surface area contributed by atoms with Crippen LogP contribution in [0, 0.1) is 0 Å². The molecule has 0 aromatic carbocycles. The number of rotatable bonds is 3. The van der Waals surface area contributed by atoms with Crippen LogP contribution < -0.4 is 5.32 Å². The summed E-state index contributed by atoms with van der Waals surface area (Å²) in [7, 11) is 0. The Kier molecular flexibility index (Phi) is 4.93. The number of nitrogens with zero attached hydrogens (tertiary/aromatic N) is 3. The fourth-order valence-electron chi connectivity index (χ4n) is 2.12. The molecule has 7 heteroatoms. The maximum Gasteiger partial charge on any atom is 0.241 e. The molecule has 1 aliphatic rings. The zero-order valence-corrected chi connectivity index (χ0v) is 12.3. The molecule has 0 aliphatic carbocycles. The van der Waals surface area contributed by atoms with Crippen molar-refractivity contribution in [3.8, 4) is 10.7 Å². The third kappa shape index (κ3) is 3.33. The summed E-state index contributed by atoms with van der Waals surface area (Å²) in [5.74, 6) is 1.40. The van der Waals surface area contributed by atoms with Crippen LogP contribution in [0.25, 0.3) is 10.7 Å². The number of piperazine rings is 1. The lowest BCUT2D eigenvalue weighted by Gasteiger charge is -2.32. The second-order valence-electron chi connectivity index (χ2n) is 4.51. The van der Waals surface area contributed by atoms with Crippen molar-refractivity contribution in [1.29, 1.82) is 0 Å². The Morgan fingerprint density at radius 1 is 1.58 bits per heavy atom. The minimum Gasteiger partial charge on any atom is -0.338 e. The molecule has 0 bridgehead atoms. The van der Waals surface area contributed by atoms with Crippen molar-refractivity contribution >= 4 is 23.7 Å². The first kappa shape index (κ1) is 14.5. The summed E-state index contributed by atoms with van der Waals surface area (Å²) in [5, 5.41) is 9.42. The first-order valence-electron chi connectivity index (χ1n) is 6.14. The molecule has 1 aliphatic heterocycles. The molecular formula is C12H17ClN4OS. The summed E-state index contributed by atoms with van der Waals surface area (Å²) in [6, 6.07) is 4.51. The van der Waals surface area contributed by atoms with Crippen molar-refractivity contribution in [2.45, 2.75) is 19.5 Å². The second kappa shape index (κ2) is 6.47. The maximum absolute atomic E-state index is 5.32. The molecule has 1 N–H and O–H groups in total. The number of nitrogens with one attached hydrogen (secondary N) is 1. The van der Waals surface area contributed by atoms with Crippen LogP contribution in [0.2, 0.25) is 0 Å². The van der Waals surface area contributed by atoms with E-state index in [2.05, 4.69) is 27.3 Å². The quantitative estimate of drug-likeness (QED) is 0.940. The molecule has 3 heterocycles. The van der Waals surface area contributed by atoms with Gasteiger partial charge in [-0.15, -0.1) is 23.7 Å². The third-order valence-corrected chi connectivity index (χ3v) is 4.05. The van der Waals surface area contributed by atoms with Gasteiger partial charge in [0.25, 0.3) is 0 Å². The molecule has 1 fully saturated rings. The molecule has 19 heavy (non-hydrogen) atoms. The fourth-order valence-corrected chi connectivity index (χ4v) is 2.77. The first-order valence-corrected chi connectivity index (χ1v) is 7.02. The van der Waals surface area contributed by atoms with Crippen molar-refractivity contribution < 1.29 is 4.52 Å². The van der Waals surface area contributed by atoms with E-state index in [1.807, 2.05) is 17.5 Å². The van der Waals surface area contributed by atoms with E-state index in [1.165, 1.54) is 0 Å². The van der Waals surface area contributed by atoms with Crippen molar-refractivity contribution in [2.75, 3.05) is 19.6 Å². The SMILES string of the molecule is C[C@H]1CNCCN1Cc1nc(-c2cccs2)no1.Cl. The average molecular weight is 301 g/mol. The van der Waals surface area contributed by atoms with Crippen molar-refractivity contribution in [3.63, 3.8) is 0 Å². The van der Waals surface area contributed by atoms with Gasteiger partial charge in [0.1, 0.15) is 0 Å². The zero-order valence-electron chi connectivity index (χ0n) is 10.7. The number of aromatic nitrogens is 2. The van der Waals surface area contributed by atoms with Gasteiger partial charge < -0.3 is 9.84 Å². The van der Waals surface area contributed by atoms with Crippen LogP contribution in [-0.4, -0.2) is 40.7 Å². The van der Waals surface area contributed by atoms with E-state index in [4.69, 9.17) is 4.52 Å². The van der Waals surface area contributed by atoms with Gasteiger partial charge >= 0.3 is 0 Å². The molecular weight excluding hydrogens is 284 g/mol. The third-order valence-electron chi connectivity index (χ3n) is 3.19. The minimum atomic E-state index is 0. The van der Waals surface area contributed by atoms with Gasteiger partial charge in [-0.05, 0) is 18.4 Å². The Balaban J connectivity index is 0.00000133. The van der Waals surface area contributed by atoms with Crippen LogP contribution >= 0.6 is 23.7 Å². The average Bonchev–Trinajstić information content (AvgIpc) is 3.02. The lowest BCUT2D eigenvalue weighted by atomic mass is 10.2. The van der Waals surface area contributed by atoms with Crippen molar-refractivity contribution in [2.24, 2.45) is 0 Å². The van der Waals surface area contributed by atoms with Crippen LogP contribution in [0.3, 0.4) is 0 Å². The van der Waals surface area contributed by atoms with Gasteiger partial charge in [-0.2, -0.15) is 4.98 Å². The van der Waals surface area contributed by atoms with E-state index in [-0.39, 0.29) is 12.4 Å². The van der Waals surface area contributed by atoms with Crippen LogP contribution in [0.5, 0.6) is 0 Å². The molecule has 1 atom stereocenters. The van der Waals surface area contributed by atoms with Crippen LogP contribution in [-0.2, 0) is 6.54 Å². The Hall–Kier alpha value is -0.950. The van der Waals surface area contributed by atoms with Gasteiger partial charge in [-0.3, -0.25) is 4.90 Å². The lowest BCUT2D eigenvalue weighted by molar-refractivity contribution is 0.146. The molecule has 0 amide bonds. The van der Waals surface area contributed by atoms with Gasteiger partial charge in [0.05, 0.1) is 11.4 Å². The van der Waals surface area contributed by atoms with E-state index in [1.54, 1.807) is 11.3 Å². The van der Waals surface area contributed by atoms with E-state index in [9.17, 15) is 0 Å². The molecule has 0 saturated carbocycles. The topological polar surface area (TPSA) is 54.2 Å². The summed E-state index contributed by atoms with van der Waals surface area (Å²) in [6.07, 6.45) is 0. The van der Waals surface area contributed by atoms with Gasteiger partial charge in [0.2, 0.25) is 11.7 Å². The number of hydrogen-bond donors (Lipinski definition) is 1. The highest BCUT2D eigenvalue weighted by Gasteiger charge is 2.20. The lowest BCUT2D eigenvalue weighted by Crippen LogP contribution is -2.49. The molecule has 0 spiro atoms. The fraction of sp³-hybridized carbons (Fsp3) is 0.500. The van der Waals surface area contributed by atoms with Gasteiger partial charge in [-0.25, -0.2) is 0 Å². The molecule has 3 rings (SSSR count). The summed E-state index contributed by atoms with van der Waals surface area (Å²) in [5.41, 5.74) is 0. The summed E-state index contributed by atoms with van der Waals surface area (Å²) in [6.45, 7) is 6.02. The molecule has 0 radical (unpaired) electrons. The molecule has 104 valence electrons. The normalized spacial score (nSPS) is 20.2. The summed E-state index contributed by atoms with van der Waals surface area (Å²) in [4.78, 5) is 7.87. The predicted octanol–water partition coefficient (Wildman–Crippen LogP) is 2.01. The Labute approximate surface area is 122 Å². The first-order chi connectivity index (χ1) is 8.83. The van der Waals surface area contributed by atoms with E-state index in [0.29, 0.717) is 17.8 Å². The molecule has 2 aromatic rings. The summed E-state index contributed by atoms with van der Waals surface area (Å²) < 4.78 is 5.32. The number of thiophene rings is 1. The van der Waals surface area contributed by atoms with Crippen LogP contribution in [0.1, 0.15) is 12.8 Å². The monoisotopic (exact) mass is 300 g/mol. The Morgan fingerprint density at radius 3 is 3.21 bits per heavy atom. The molecule has 0 unspecified atom stereocenters. The Bertz CT molecular complexity index is 502. The van der Waals surface area contributed by atoms with E-state index < -0.39 is 0 Å². The van der Waals surface area contributed by atoms with Crippen molar-refractivity contribution in [1.82, 2.24) is 20.4 Å². The highest BCUT2D eigenvalue weighted by atomic mass is 35.5. The standard InChI is InChI=1S/C12H16N4OS.ClH/c1-9-7-13-4-5-16(9)8-11-14-12(15-17-11)10-3-2-6-18-10;/h2-3,6,9,13H,4-5,7-8H2,1H3;1H/t9-;/m0./s1. The largest absolute Gasteiger partial charge is 0.338 e. The smallest absolute Gasteiger partial charge is 0.241 e. The van der Waals surface area contributed by atoms with Crippen LogP contribution in [0.4, 0.5) is 0 Å². The highest BCUT2D eigenvalue weighted by molar-refractivity contribution is 7.13. The molecule has 2 aromatic heterocycles.